The molecule has 1 unspecified atom stereocenters. The third-order valence-corrected chi connectivity index (χ3v) is 6.40. The van der Waals surface area contributed by atoms with Crippen LogP contribution in [-0.4, -0.2) is 25.5 Å². The van der Waals surface area contributed by atoms with Crippen LogP contribution in [0.15, 0.2) is 47.4 Å². The van der Waals surface area contributed by atoms with E-state index in [4.69, 9.17) is 11.6 Å². The molecule has 0 heterocycles. The van der Waals surface area contributed by atoms with Gasteiger partial charge in [-0.3, -0.25) is 4.31 Å². The van der Waals surface area contributed by atoms with Crippen LogP contribution in [0.2, 0.25) is 5.02 Å². The molecule has 0 bridgehead atoms. The van der Waals surface area contributed by atoms with Crippen LogP contribution in [0.1, 0.15) is 31.9 Å². The molecule has 140 valence electrons. The van der Waals surface area contributed by atoms with Crippen molar-refractivity contribution in [3.63, 3.8) is 0 Å². The number of halogens is 1. The van der Waals surface area contributed by atoms with E-state index in [9.17, 15) is 18.3 Å². The lowest BCUT2D eigenvalue weighted by Gasteiger charge is -2.31. The molecule has 5 nitrogen and oxygen atoms in total. The number of carboxylic acids is 1. The van der Waals surface area contributed by atoms with E-state index in [1.807, 2.05) is 32.0 Å². The normalized spacial score (nSPS) is 12.6. The van der Waals surface area contributed by atoms with Gasteiger partial charge in [-0.05, 0) is 55.2 Å². The smallest absolute Gasteiger partial charge is 0.327 e. The van der Waals surface area contributed by atoms with Crippen molar-refractivity contribution in [2.24, 2.45) is 0 Å². The van der Waals surface area contributed by atoms with Gasteiger partial charge < -0.3 is 5.11 Å². The van der Waals surface area contributed by atoms with Gasteiger partial charge in [-0.25, -0.2) is 13.2 Å². The largest absolute Gasteiger partial charge is 0.480 e. The molecule has 1 N–H and O–H groups in total. The number of hydrogen-bond acceptors (Lipinski definition) is 3. The number of aliphatic carboxylic acids is 1. The molecule has 1 atom stereocenters. The Bertz CT molecular complexity index is 872. The van der Waals surface area contributed by atoms with E-state index in [0.29, 0.717) is 23.6 Å². The van der Waals surface area contributed by atoms with E-state index in [1.54, 1.807) is 0 Å². The maximum absolute atomic E-state index is 13.3. The van der Waals surface area contributed by atoms with Crippen molar-refractivity contribution in [1.82, 2.24) is 0 Å². The average Bonchev–Trinajstić information content (AvgIpc) is 2.61. The Balaban J connectivity index is 2.77. The Kier molecular flexibility index (Phi) is 6.31. The van der Waals surface area contributed by atoms with E-state index in [0.717, 1.165) is 15.4 Å². The first kappa shape index (κ1) is 20.3. The molecule has 0 aromatic heterocycles. The zero-order valence-electron chi connectivity index (χ0n) is 14.9. The third-order valence-electron chi connectivity index (χ3n) is 4.26. The number of para-hydroxylation sites is 1. The predicted octanol–water partition coefficient (Wildman–Crippen LogP) is 4.13. The Morgan fingerprint density at radius 2 is 1.58 bits per heavy atom. The molecule has 0 spiro atoms. The molecule has 0 aliphatic carbocycles. The maximum Gasteiger partial charge on any atom is 0.327 e. The topological polar surface area (TPSA) is 74.7 Å². The minimum atomic E-state index is -4.09. The van der Waals surface area contributed by atoms with Gasteiger partial charge in [-0.15, -0.1) is 0 Å². The van der Waals surface area contributed by atoms with Crippen LogP contribution in [-0.2, 0) is 27.7 Å². The highest BCUT2D eigenvalue weighted by Gasteiger charge is 2.35. The van der Waals surface area contributed by atoms with E-state index >= 15 is 0 Å². The standard InChI is InChI=1S/C19H22ClNO4S/c1-4-14-7-6-8-15(5-2)18(14)21(13(3)19(22)23)26(24,25)17-11-9-16(20)10-12-17/h6-13H,4-5H2,1-3H3,(H,22,23). The van der Waals surface area contributed by atoms with Crippen molar-refractivity contribution in [2.45, 2.75) is 44.6 Å². The van der Waals surface area contributed by atoms with Crippen molar-refractivity contribution >= 4 is 33.3 Å². The average molecular weight is 396 g/mol. The summed E-state index contributed by atoms with van der Waals surface area (Å²) in [6.07, 6.45) is 1.17. The number of carboxylic acid groups (broad SMARTS) is 1. The first-order chi connectivity index (χ1) is 12.2. The van der Waals surface area contributed by atoms with Gasteiger partial charge in [-0.1, -0.05) is 43.6 Å². The second-order valence-corrected chi connectivity index (χ2v) is 8.15. The SMILES string of the molecule is CCc1cccc(CC)c1N(C(C)C(=O)O)S(=O)(=O)c1ccc(Cl)cc1. The first-order valence-electron chi connectivity index (χ1n) is 8.37. The Labute approximate surface area is 159 Å². The number of aryl methyl sites for hydroxylation is 2. The summed E-state index contributed by atoms with van der Waals surface area (Å²) in [4.78, 5) is 11.7. The first-order valence-corrected chi connectivity index (χ1v) is 10.2. The Morgan fingerprint density at radius 1 is 1.08 bits per heavy atom. The molecule has 0 saturated heterocycles. The van der Waals surface area contributed by atoms with Crippen molar-refractivity contribution in [2.75, 3.05) is 4.31 Å². The van der Waals surface area contributed by atoms with Gasteiger partial charge in [-0.2, -0.15) is 0 Å². The van der Waals surface area contributed by atoms with Crippen LogP contribution in [0.5, 0.6) is 0 Å². The number of nitrogens with zero attached hydrogens (tertiary/aromatic N) is 1. The van der Waals surface area contributed by atoms with E-state index in [2.05, 4.69) is 0 Å². The van der Waals surface area contributed by atoms with Crippen LogP contribution < -0.4 is 4.31 Å². The molecule has 0 fully saturated rings. The predicted molar refractivity (Wildman–Crippen MR) is 103 cm³/mol. The Morgan fingerprint density at radius 3 is 2.00 bits per heavy atom. The van der Waals surface area contributed by atoms with Crippen LogP contribution in [0.4, 0.5) is 5.69 Å². The van der Waals surface area contributed by atoms with Crippen molar-refractivity contribution < 1.29 is 18.3 Å². The van der Waals surface area contributed by atoms with E-state index in [1.165, 1.54) is 31.2 Å². The summed E-state index contributed by atoms with van der Waals surface area (Å²) in [6, 6.07) is 9.99. The molecule has 0 amide bonds. The zero-order valence-corrected chi connectivity index (χ0v) is 16.5. The van der Waals surface area contributed by atoms with Crippen molar-refractivity contribution in [3.05, 3.63) is 58.6 Å². The highest BCUT2D eigenvalue weighted by Crippen LogP contribution is 2.34. The van der Waals surface area contributed by atoms with Crippen molar-refractivity contribution in [1.29, 1.82) is 0 Å². The third kappa shape index (κ3) is 3.86. The molecule has 2 rings (SSSR count). The fraction of sp³-hybridized carbons (Fsp3) is 0.316. The quantitative estimate of drug-likeness (QED) is 0.764. The highest BCUT2D eigenvalue weighted by atomic mass is 35.5. The lowest BCUT2D eigenvalue weighted by molar-refractivity contribution is -0.137. The lowest BCUT2D eigenvalue weighted by atomic mass is 10.0. The molecule has 0 radical (unpaired) electrons. The number of carbonyl (C=O) groups is 1. The summed E-state index contributed by atoms with van der Waals surface area (Å²) >= 11 is 5.86. The van der Waals surface area contributed by atoms with E-state index < -0.39 is 22.0 Å². The fourth-order valence-electron chi connectivity index (χ4n) is 2.84. The second-order valence-electron chi connectivity index (χ2n) is 5.90. The number of sulfonamides is 1. The monoisotopic (exact) mass is 395 g/mol. The van der Waals surface area contributed by atoms with Crippen molar-refractivity contribution in [3.8, 4) is 0 Å². The highest BCUT2D eigenvalue weighted by molar-refractivity contribution is 7.93. The molecular weight excluding hydrogens is 374 g/mol. The molecule has 2 aromatic rings. The fourth-order valence-corrected chi connectivity index (χ4v) is 4.66. The number of benzene rings is 2. The second kappa shape index (κ2) is 8.10. The minimum Gasteiger partial charge on any atom is -0.480 e. The molecule has 2 aromatic carbocycles. The summed E-state index contributed by atoms with van der Waals surface area (Å²) in [5.74, 6) is -1.21. The van der Waals surface area contributed by atoms with Gasteiger partial charge in [0, 0.05) is 5.02 Å². The molecule has 7 heteroatoms. The van der Waals surface area contributed by atoms with Gasteiger partial charge in [0.05, 0.1) is 10.6 Å². The van der Waals surface area contributed by atoms with Crippen LogP contribution >= 0.6 is 11.6 Å². The summed E-state index contributed by atoms with van der Waals surface area (Å²) in [5.41, 5.74) is 2.02. The van der Waals surface area contributed by atoms with Gasteiger partial charge in [0.25, 0.3) is 10.0 Å². The maximum atomic E-state index is 13.3. The number of anilines is 1. The number of rotatable bonds is 7. The lowest BCUT2D eigenvalue weighted by Crippen LogP contribution is -2.44. The summed E-state index contributed by atoms with van der Waals surface area (Å²) in [5, 5.41) is 9.98. The molecule has 0 aliphatic heterocycles. The molecule has 26 heavy (non-hydrogen) atoms. The Hall–Kier alpha value is -2.05. The van der Waals surface area contributed by atoms with Gasteiger partial charge >= 0.3 is 5.97 Å². The molecule has 0 aliphatic rings. The summed E-state index contributed by atoms with van der Waals surface area (Å²) in [7, 11) is -4.09. The van der Waals surface area contributed by atoms with Crippen LogP contribution in [0.25, 0.3) is 0 Å². The van der Waals surface area contributed by atoms with Gasteiger partial charge in [0.15, 0.2) is 0 Å². The van der Waals surface area contributed by atoms with Crippen LogP contribution in [0, 0.1) is 0 Å². The summed E-state index contributed by atoms with van der Waals surface area (Å²) < 4.78 is 27.7. The van der Waals surface area contributed by atoms with Gasteiger partial charge in [0.1, 0.15) is 6.04 Å². The van der Waals surface area contributed by atoms with Crippen LogP contribution in [0.3, 0.4) is 0 Å². The van der Waals surface area contributed by atoms with Gasteiger partial charge in [0.2, 0.25) is 0 Å². The zero-order chi connectivity index (χ0) is 19.5. The minimum absolute atomic E-state index is 0.00274. The molecule has 0 saturated carbocycles. The number of hydrogen-bond donors (Lipinski definition) is 1. The molecular formula is C19H22ClNO4S. The van der Waals surface area contributed by atoms with E-state index in [-0.39, 0.29) is 4.90 Å². The summed E-state index contributed by atoms with van der Waals surface area (Å²) in [6.45, 7) is 5.20.